The molecule has 1 saturated carbocycles. The topological polar surface area (TPSA) is 75.6 Å². The van der Waals surface area contributed by atoms with Gasteiger partial charge in [-0.3, -0.25) is 9.59 Å². The van der Waals surface area contributed by atoms with E-state index in [0.29, 0.717) is 0 Å². The van der Waals surface area contributed by atoms with Crippen molar-refractivity contribution in [2.45, 2.75) is 50.1 Å². The van der Waals surface area contributed by atoms with Crippen LogP contribution in [0.3, 0.4) is 0 Å². The first-order chi connectivity index (χ1) is 11.4. The fraction of sp³-hybridized carbons (Fsp3) is 0.529. The molecule has 1 aromatic rings. The number of hydrogen-bond donors (Lipinski definition) is 2. The Hall–Kier alpha value is -1.93. The quantitative estimate of drug-likeness (QED) is 0.809. The smallest absolute Gasteiger partial charge is 0.416 e. The molecule has 25 heavy (non-hydrogen) atoms. The van der Waals surface area contributed by atoms with Gasteiger partial charge < -0.3 is 15.2 Å². The Kier molecular flexibility index (Phi) is 4.98. The van der Waals surface area contributed by atoms with Crippen LogP contribution >= 0.6 is 0 Å². The molecule has 1 aliphatic carbocycles. The second-order valence-electron chi connectivity index (χ2n) is 6.37. The van der Waals surface area contributed by atoms with Crippen molar-refractivity contribution in [1.29, 1.82) is 0 Å². The number of rotatable bonds is 3. The normalized spacial score (nSPS) is 30.2. The van der Waals surface area contributed by atoms with Gasteiger partial charge in [-0.05, 0) is 44.5 Å². The molecule has 1 unspecified atom stereocenters. The number of halogens is 3. The van der Waals surface area contributed by atoms with Crippen molar-refractivity contribution in [3.63, 3.8) is 0 Å². The van der Waals surface area contributed by atoms with E-state index in [9.17, 15) is 27.9 Å². The Morgan fingerprint density at radius 3 is 2.32 bits per heavy atom. The van der Waals surface area contributed by atoms with E-state index in [2.05, 4.69) is 5.32 Å². The highest BCUT2D eigenvalue weighted by atomic mass is 19.4. The number of likely N-dealkylation sites (N-methyl/N-ethyl adjacent to an activating group) is 1. The number of alkyl halides is 3. The van der Waals surface area contributed by atoms with Crippen LogP contribution in [0.1, 0.15) is 37.8 Å². The summed E-state index contributed by atoms with van der Waals surface area (Å²) in [5, 5.41) is 13.2. The number of hydrogen-bond acceptors (Lipinski definition) is 5. The molecular formula is C17H20F3NO4. The molecule has 2 rings (SSSR count). The maximum Gasteiger partial charge on any atom is 0.416 e. The Morgan fingerprint density at radius 1 is 1.32 bits per heavy atom. The molecule has 0 spiro atoms. The Labute approximate surface area is 143 Å². The summed E-state index contributed by atoms with van der Waals surface area (Å²) in [4.78, 5) is 24.4. The van der Waals surface area contributed by atoms with E-state index in [1.807, 2.05) is 0 Å². The minimum Gasteiger partial charge on any atom is -0.460 e. The molecule has 0 aromatic heterocycles. The fourth-order valence-corrected chi connectivity index (χ4v) is 3.32. The molecule has 0 heterocycles. The van der Waals surface area contributed by atoms with Crippen LogP contribution in [0.4, 0.5) is 13.2 Å². The van der Waals surface area contributed by atoms with E-state index in [1.165, 1.54) is 20.9 Å². The number of Topliss-reactive ketones (excluding diaryl/α,β-unsaturated/α-hetero) is 1. The van der Waals surface area contributed by atoms with E-state index >= 15 is 0 Å². The molecule has 138 valence electrons. The minimum absolute atomic E-state index is 0.0772. The van der Waals surface area contributed by atoms with Crippen LogP contribution in [-0.2, 0) is 26.0 Å². The van der Waals surface area contributed by atoms with Crippen molar-refractivity contribution >= 4 is 11.8 Å². The average molecular weight is 359 g/mol. The molecule has 0 saturated heterocycles. The van der Waals surface area contributed by atoms with Gasteiger partial charge in [0.25, 0.3) is 0 Å². The van der Waals surface area contributed by atoms with Crippen LogP contribution in [0, 0.1) is 0 Å². The molecule has 8 heteroatoms. The Balaban J connectivity index is 2.57. The van der Waals surface area contributed by atoms with E-state index in [0.717, 1.165) is 24.3 Å². The monoisotopic (exact) mass is 359 g/mol. The maximum atomic E-state index is 12.9. The van der Waals surface area contributed by atoms with Crippen molar-refractivity contribution < 1.29 is 32.6 Å². The first-order valence-electron chi connectivity index (χ1n) is 7.76. The lowest BCUT2D eigenvalue weighted by atomic mass is 9.67. The summed E-state index contributed by atoms with van der Waals surface area (Å²) in [7, 11) is 1.44. The predicted molar refractivity (Wildman–Crippen MR) is 82.6 cm³/mol. The third kappa shape index (κ3) is 3.41. The van der Waals surface area contributed by atoms with Gasteiger partial charge in [0.1, 0.15) is 17.2 Å². The number of esters is 1. The number of aliphatic hydroxyl groups is 1. The number of nitrogens with one attached hydrogen (secondary N) is 1. The van der Waals surface area contributed by atoms with Crippen molar-refractivity contribution in [2.24, 2.45) is 0 Å². The molecule has 1 aromatic carbocycles. The van der Waals surface area contributed by atoms with Crippen molar-refractivity contribution in [3.05, 3.63) is 35.4 Å². The summed E-state index contributed by atoms with van der Waals surface area (Å²) in [5.41, 5.74) is -3.99. The molecular weight excluding hydrogens is 339 g/mol. The number of ketones is 1. The summed E-state index contributed by atoms with van der Waals surface area (Å²) < 4.78 is 43.6. The standard InChI is InChI=1S/C17H20F3NO4/c1-10(22)25-13-8-9-15(2,24)14(23)16(13,21-3)11-4-6-12(7-5-11)17(18,19)20/h4-7,13,21,24H,8-9H2,1-3H3/t13?,15-,16+/m0/s1. The molecule has 1 aliphatic rings. The molecule has 0 aliphatic heterocycles. The molecule has 2 N–H and O–H groups in total. The lowest BCUT2D eigenvalue weighted by Gasteiger charge is -2.47. The lowest BCUT2D eigenvalue weighted by molar-refractivity contribution is -0.170. The lowest BCUT2D eigenvalue weighted by Crippen LogP contribution is -2.66. The zero-order valence-corrected chi connectivity index (χ0v) is 14.1. The van der Waals surface area contributed by atoms with Gasteiger partial charge in [-0.1, -0.05) is 12.1 Å². The number of benzene rings is 1. The van der Waals surface area contributed by atoms with Crippen LogP contribution in [0.25, 0.3) is 0 Å². The summed E-state index contributed by atoms with van der Waals surface area (Å²) in [5.74, 6) is -1.27. The fourth-order valence-electron chi connectivity index (χ4n) is 3.32. The van der Waals surface area contributed by atoms with Crippen molar-refractivity contribution in [1.82, 2.24) is 5.32 Å². The van der Waals surface area contributed by atoms with E-state index in [4.69, 9.17) is 4.74 Å². The van der Waals surface area contributed by atoms with Crippen LogP contribution in [0.15, 0.2) is 24.3 Å². The molecule has 0 bridgehead atoms. The van der Waals surface area contributed by atoms with Gasteiger partial charge >= 0.3 is 12.1 Å². The molecule has 1 fully saturated rings. The van der Waals surface area contributed by atoms with Gasteiger partial charge in [-0.15, -0.1) is 0 Å². The highest BCUT2D eigenvalue weighted by molar-refractivity contribution is 5.98. The van der Waals surface area contributed by atoms with Gasteiger partial charge in [-0.2, -0.15) is 13.2 Å². The summed E-state index contributed by atoms with van der Waals surface area (Å²) >= 11 is 0. The van der Waals surface area contributed by atoms with Crippen LogP contribution < -0.4 is 5.32 Å². The Morgan fingerprint density at radius 2 is 1.88 bits per heavy atom. The van der Waals surface area contributed by atoms with Gasteiger partial charge in [0.05, 0.1) is 5.56 Å². The number of carbonyl (C=O) groups excluding carboxylic acids is 2. The first-order valence-corrected chi connectivity index (χ1v) is 7.76. The zero-order valence-electron chi connectivity index (χ0n) is 14.1. The van der Waals surface area contributed by atoms with E-state index in [-0.39, 0.29) is 18.4 Å². The molecule has 3 atom stereocenters. The highest BCUT2D eigenvalue weighted by Crippen LogP contribution is 2.41. The molecule has 0 amide bonds. The molecule has 5 nitrogen and oxygen atoms in total. The first kappa shape index (κ1) is 19.4. The second kappa shape index (κ2) is 6.42. The van der Waals surface area contributed by atoms with Gasteiger partial charge in [0.15, 0.2) is 5.78 Å². The predicted octanol–water partition coefficient (Wildman–Crippen LogP) is 2.17. The average Bonchev–Trinajstić information content (AvgIpc) is 2.51. The molecule has 0 radical (unpaired) electrons. The zero-order chi connectivity index (χ0) is 19.0. The maximum absolute atomic E-state index is 12.9. The third-order valence-corrected chi connectivity index (χ3v) is 4.59. The number of carbonyl (C=O) groups is 2. The SMILES string of the molecule is CN[C@@]1(c2ccc(C(F)(F)F)cc2)C(=O)[C@@](C)(O)CCC1OC(C)=O. The minimum atomic E-state index is -4.51. The highest BCUT2D eigenvalue weighted by Gasteiger charge is 2.57. The van der Waals surface area contributed by atoms with Crippen molar-refractivity contribution in [3.8, 4) is 0 Å². The Bertz CT molecular complexity index is 669. The van der Waals surface area contributed by atoms with Crippen LogP contribution in [0.2, 0.25) is 0 Å². The summed E-state index contributed by atoms with van der Waals surface area (Å²) in [6.07, 6.45) is -5.20. The van der Waals surface area contributed by atoms with E-state index in [1.54, 1.807) is 0 Å². The van der Waals surface area contributed by atoms with E-state index < -0.39 is 40.7 Å². The van der Waals surface area contributed by atoms with Gasteiger partial charge in [0.2, 0.25) is 0 Å². The van der Waals surface area contributed by atoms with Crippen LogP contribution in [0.5, 0.6) is 0 Å². The van der Waals surface area contributed by atoms with Gasteiger partial charge in [-0.25, -0.2) is 0 Å². The largest absolute Gasteiger partial charge is 0.460 e. The van der Waals surface area contributed by atoms with Gasteiger partial charge in [0, 0.05) is 6.92 Å². The number of ether oxygens (including phenoxy) is 1. The second-order valence-corrected chi connectivity index (χ2v) is 6.37. The van der Waals surface area contributed by atoms with Crippen molar-refractivity contribution in [2.75, 3.05) is 7.05 Å². The third-order valence-electron chi connectivity index (χ3n) is 4.59. The summed E-state index contributed by atoms with van der Waals surface area (Å²) in [6.45, 7) is 2.53. The van der Waals surface area contributed by atoms with Crippen LogP contribution in [-0.4, -0.2) is 35.6 Å². The summed E-state index contributed by atoms with van der Waals surface area (Å²) in [6, 6.07) is 4.04.